The Balaban J connectivity index is 4.75. The standard InChI is InChI=1S/C11H19N3O6/c1-5(2)9(13-4-8(16)17)10(18)14-6(11(19)20)3-7(12)15/h5-6,9,13H,3-4H2,1-2H3,(H2,12,15)(H,14,18)(H,16,17)(H,19,20)/t6-,9-/m0/s1. The minimum atomic E-state index is -1.44. The van der Waals surface area contributed by atoms with E-state index < -0.39 is 48.8 Å². The molecule has 9 nitrogen and oxygen atoms in total. The Morgan fingerprint density at radius 1 is 1.15 bits per heavy atom. The van der Waals surface area contributed by atoms with E-state index in [2.05, 4.69) is 10.6 Å². The number of hydrogen-bond donors (Lipinski definition) is 5. The molecule has 0 aromatic carbocycles. The average molecular weight is 289 g/mol. The maximum absolute atomic E-state index is 11.9. The highest BCUT2D eigenvalue weighted by molar-refractivity contribution is 5.90. The van der Waals surface area contributed by atoms with Gasteiger partial charge in [-0.15, -0.1) is 0 Å². The van der Waals surface area contributed by atoms with Gasteiger partial charge in [0.25, 0.3) is 0 Å². The van der Waals surface area contributed by atoms with E-state index in [0.717, 1.165) is 0 Å². The van der Waals surface area contributed by atoms with Crippen molar-refractivity contribution in [3.8, 4) is 0 Å². The zero-order chi connectivity index (χ0) is 15.9. The number of nitrogens with two attached hydrogens (primary N) is 1. The maximum Gasteiger partial charge on any atom is 0.326 e. The molecular formula is C11H19N3O6. The van der Waals surface area contributed by atoms with Crippen molar-refractivity contribution in [3.05, 3.63) is 0 Å². The van der Waals surface area contributed by atoms with Crippen molar-refractivity contribution in [2.45, 2.75) is 32.4 Å². The summed E-state index contributed by atoms with van der Waals surface area (Å²) in [6, 6.07) is -2.33. The molecular weight excluding hydrogens is 270 g/mol. The summed E-state index contributed by atoms with van der Waals surface area (Å²) in [5.41, 5.74) is 4.89. The lowest BCUT2D eigenvalue weighted by atomic mass is 10.0. The predicted octanol–water partition coefficient (Wildman–Crippen LogP) is -1.87. The predicted molar refractivity (Wildman–Crippen MR) is 67.6 cm³/mol. The maximum atomic E-state index is 11.9. The molecule has 0 aromatic heterocycles. The van der Waals surface area contributed by atoms with Gasteiger partial charge in [0.1, 0.15) is 6.04 Å². The molecule has 9 heteroatoms. The first-order valence-corrected chi connectivity index (χ1v) is 5.91. The molecule has 0 heterocycles. The number of primary amides is 1. The van der Waals surface area contributed by atoms with Gasteiger partial charge < -0.3 is 21.3 Å². The van der Waals surface area contributed by atoms with Crippen LogP contribution in [0.4, 0.5) is 0 Å². The quantitative estimate of drug-likeness (QED) is 0.332. The van der Waals surface area contributed by atoms with E-state index in [1.54, 1.807) is 13.8 Å². The molecule has 2 amide bonds. The number of carbonyl (C=O) groups excluding carboxylic acids is 2. The molecule has 2 atom stereocenters. The smallest absolute Gasteiger partial charge is 0.326 e. The van der Waals surface area contributed by atoms with E-state index >= 15 is 0 Å². The number of hydrogen-bond acceptors (Lipinski definition) is 5. The highest BCUT2D eigenvalue weighted by atomic mass is 16.4. The second-order valence-corrected chi connectivity index (χ2v) is 4.57. The fraction of sp³-hybridized carbons (Fsp3) is 0.636. The first-order chi connectivity index (χ1) is 9.15. The van der Waals surface area contributed by atoms with Crippen molar-refractivity contribution in [2.75, 3.05) is 6.54 Å². The summed E-state index contributed by atoms with van der Waals surface area (Å²) in [5, 5.41) is 22.1. The molecule has 0 aliphatic heterocycles. The van der Waals surface area contributed by atoms with Gasteiger partial charge in [0.05, 0.1) is 19.0 Å². The zero-order valence-corrected chi connectivity index (χ0v) is 11.3. The normalized spacial score (nSPS) is 13.6. The lowest BCUT2D eigenvalue weighted by molar-refractivity contribution is -0.144. The molecule has 114 valence electrons. The minimum absolute atomic E-state index is 0.266. The Bertz CT molecular complexity index is 396. The number of carboxylic acids is 2. The van der Waals surface area contributed by atoms with E-state index in [-0.39, 0.29) is 5.92 Å². The van der Waals surface area contributed by atoms with Gasteiger partial charge in [-0.2, -0.15) is 0 Å². The fourth-order valence-electron chi connectivity index (χ4n) is 1.49. The SMILES string of the molecule is CC(C)[C@H](NCC(=O)O)C(=O)N[C@@H](CC(N)=O)C(=O)O. The monoisotopic (exact) mass is 289 g/mol. The third-order valence-corrected chi connectivity index (χ3v) is 2.44. The van der Waals surface area contributed by atoms with Crippen molar-refractivity contribution in [3.63, 3.8) is 0 Å². The number of nitrogens with one attached hydrogen (secondary N) is 2. The molecule has 0 fully saturated rings. The second kappa shape index (κ2) is 8.10. The van der Waals surface area contributed by atoms with Crippen molar-refractivity contribution >= 4 is 23.8 Å². The first-order valence-electron chi connectivity index (χ1n) is 5.91. The van der Waals surface area contributed by atoms with Crippen LogP contribution in [0.25, 0.3) is 0 Å². The summed E-state index contributed by atoms with van der Waals surface area (Å²) in [6.45, 7) is 2.90. The Morgan fingerprint density at radius 3 is 2.05 bits per heavy atom. The van der Waals surface area contributed by atoms with Gasteiger partial charge in [0, 0.05) is 0 Å². The van der Waals surface area contributed by atoms with Crippen molar-refractivity contribution in [1.29, 1.82) is 0 Å². The summed E-state index contributed by atoms with van der Waals surface area (Å²) < 4.78 is 0. The van der Waals surface area contributed by atoms with Crippen LogP contribution in [0.1, 0.15) is 20.3 Å². The number of carboxylic acid groups (broad SMARTS) is 2. The van der Waals surface area contributed by atoms with Crippen molar-refractivity contribution < 1.29 is 29.4 Å². The van der Waals surface area contributed by atoms with Gasteiger partial charge in [-0.1, -0.05) is 13.8 Å². The molecule has 6 N–H and O–H groups in total. The third-order valence-electron chi connectivity index (χ3n) is 2.44. The lowest BCUT2D eigenvalue weighted by Gasteiger charge is -2.23. The Labute approximate surface area is 115 Å². The summed E-state index contributed by atoms with van der Waals surface area (Å²) in [5.74, 6) is -4.36. The lowest BCUT2D eigenvalue weighted by Crippen LogP contribution is -2.53. The van der Waals surface area contributed by atoms with Crippen LogP contribution >= 0.6 is 0 Å². The van der Waals surface area contributed by atoms with Crippen LogP contribution in [0.5, 0.6) is 0 Å². The molecule has 0 unspecified atom stereocenters. The largest absolute Gasteiger partial charge is 0.480 e. The van der Waals surface area contributed by atoms with Gasteiger partial charge in [0.2, 0.25) is 11.8 Å². The Hall–Kier alpha value is -2.16. The summed E-state index contributed by atoms with van der Waals surface area (Å²) in [6.07, 6.45) is -0.537. The molecule has 0 saturated carbocycles. The van der Waals surface area contributed by atoms with Gasteiger partial charge in [-0.3, -0.25) is 19.7 Å². The van der Waals surface area contributed by atoms with Crippen LogP contribution in [0, 0.1) is 5.92 Å². The number of amides is 2. The van der Waals surface area contributed by atoms with Crippen LogP contribution in [0.3, 0.4) is 0 Å². The van der Waals surface area contributed by atoms with Crippen molar-refractivity contribution in [2.24, 2.45) is 11.7 Å². The van der Waals surface area contributed by atoms with E-state index in [1.165, 1.54) is 0 Å². The average Bonchev–Trinajstić information content (AvgIpc) is 2.26. The van der Waals surface area contributed by atoms with Gasteiger partial charge >= 0.3 is 11.9 Å². The Morgan fingerprint density at radius 2 is 1.70 bits per heavy atom. The molecule has 0 saturated heterocycles. The number of aliphatic carboxylic acids is 2. The van der Waals surface area contributed by atoms with E-state index in [1.807, 2.05) is 0 Å². The van der Waals surface area contributed by atoms with Crippen molar-refractivity contribution in [1.82, 2.24) is 10.6 Å². The highest BCUT2D eigenvalue weighted by Gasteiger charge is 2.28. The number of rotatable bonds is 9. The summed E-state index contributed by atoms with van der Waals surface area (Å²) >= 11 is 0. The second-order valence-electron chi connectivity index (χ2n) is 4.57. The molecule has 0 rings (SSSR count). The summed E-state index contributed by atoms with van der Waals surface area (Å²) in [4.78, 5) is 44.0. The van der Waals surface area contributed by atoms with E-state index in [0.29, 0.717) is 0 Å². The fourth-order valence-corrected chi connectivity index (χ4v) is 1.49. The molecule has 20 heavy (non-hydrogen) atoms. The van der Waals surface area contributed by atoms with Crippen LogP contribution in [-0.2, 0) is 19.2 Å². The van der Waals surface area contributed by atoms with Gasteiger partial charge in [0.15, 0.2) is 0 Å². The van der Waals surface area contributed by atoms with Gasteiger partial charge in [-0.05, 0) is 5.92 Å². The number of carbonyl (C=O) groups is 4. The molecule has 0 radical (unpaired) electrons. The Kier molecular flexibility index (Phi) is 7.22. The van der Waals surface area contributed by atoms with Crippen LogP contribution in [-0.4, -0.2) is 52.6 Å². The van der Waals surface area contributed by atoms with Crippen LogP contribution < -0.4 is 16.4 Å². The molecule has 0 aliphatic carbocycles. The third kappa shape index (κ3) is 6.69. The highest BCUT2D eigenvalue weighted by Crippen LogP contribution is 2.03. The zero-order valence-electron chi connectivity index (χ0n) is 11.3. The summed E-state index contributed by atoms with van der Waals surface area (Å²) in [7, 11) is 0. The van der Waals surface area contributed by atoms with E-state index in [9.17, 15) is 19.2 Å². The molecule has 0 spiro atoms. The van der Waals surface area contributed by atoms with Crippen LogP contribution in [0.15, 0.2) is 0 Å². The van der Waals surface area contributed by atoms with E-state index in [4.69, 9.17) is 15.9 Å². The molecule has 0 bridgehead atoms. The first kappa shape index (κ1) is 17.8. The topological polar surface area (TPSA) is 159 Å². The van der Waals surface area contributed by atoms with Crippen LogP contribution in [0.2, 0.25) is 0 Å². The minimum Gasteiger partial charge on any atom is -0.480 e. The molecule has 0 aliphatic rings. The molecule has 0 aromatic rings. The van der Waals surface area contributed by atoms with Gasteiger partial charge in [-0.25, -0.2) is 4.79 Å².